The Morgan fingerprint density at radius 2 is 1.87 bits per heavy atom. The van der Waals surface area contributed by atoms with Crippen LogP contribution < -0.4 is 0 Å². The molecule has 1 aromatic carbocycles. The van der Waals surface area contributed by atoms with Crippen LogP contribution in [-0.4, -0.2) is 23.1 Å². The quantitative estimate of drug-likeness (QED) is 0.667. The van der Waals surface area contributed by atoms with Crippen LogP contribution in [0.5, 0.6) is 5.75 Å². The molecule has 2 saturated heterocycles. The van der Waals surface area contributed by atoms with E-state index in [0.717, 1.165) is 0 Å². The monoisotopic (exact) mass is 320 g/mol. The molecule has 2 unspecified atom stereocenters. The number of benzene rings is 1. The molecule has 2 aliphatic heterocycles. The number of aromatic hydroxyl groups is 1. The first-order valence-electron chi connectivity index (χ1n) is 7.84. The summed E-state index contributed by atoms with van der Waals surface area (Å²) in [6.07, 6.45) is 0. The number of phenols is 1. The van der Waals surface area contributed by atoms with E-state index in [1.54, 1.807) is 18.2 Å². The van der Waals surface area contributed by atoms with Crippen LogP contribution in [0, 0.1) is 10.8 Å². The lowest BCUT2D eigenvalue weighted by atomic mass is 9.57. The summed E-state index contributed by atoms with van der Waals surface area (Å²) in [5.41, 5.74) is -0.300. The summed E-state index contributed by atoms with van der Waals surface area (Å²) < 4.78 is 6.08. The Kier molecular flexibility index (Phi) is 3.26. The number of ketones is 1. The molecule has 2 aliphatic rings. The molecule has 0 radical (unpaired) electrons. The molecular formula is C18H24O5. The standard InChI is InChI=1S/C18H24O5/c1-11(19)13-8-7-12(9-14(13)20)17-18(23-22-17,15(2,3)4)16(5,6)10-21-17/h7-9,20H,10H2,1-6H3. The van der Waals surface area contributed by atoms with Crippen molar-refractivity contribution in [1.82, 2.24) is 0 Å². The van der Waals surface area contributed by atoms with Crippen LogP contribution in [-0.2, 0) is 20.3 Å². The fourth-order valence-electron chi connectivity index (χ4n) is 4.27. The van der Waals surface area contributed by atoms with Crippen molar-refractivity contribution in [3.05, 3.63) is 29.3 Å². The molecule has 23 heavy (non-hydrogen) atoms. The van der Waals surface area contributed by atoms with E-state index in [9.17, 15) is 9.90 Å². The lowest BCUT2D eigenvalue weighted by Gasteiger charge is -2.61. The zero-order valence-electron chi connectivity index (χ0n) is 14.5. The first-order valence-corrected chi connectivity index (χ1v) is 7.84. The number of carbonyl (C=O) groups excluding carboxylic acids is 1. The summed E-state index contributed by atoms with van der Waals surface area (Å²) in [5.74, 6) is -1.34. The van der Waals surface area contributed by atoms with E-state index in [1.165, 1.54) is 6.92 Å². The maximum atomic E-state index is 11.5. The van der Waals surface area contributed by atoms with Crippen molar-refractivity contribution < 1.29 is 24.4 Å². The molecule has 3 rings (SSSR count). The van der Waals surface area contributed by atoms with Gasteiger partial charge in [-0.15, -0.1) is 0 Å². The number of fused-ring (bicyclic) bond motifs is 1. The predicted molar refractivity (Wildman–Crippen MR) is 83.9 cm³/mol. The van der Waals surface area contributed by atoms with Crippen molar-refractivity contribution in [2.45, 2.75) is 52.9 Å². The Hall–Kier alpha value is -1.43. The van der Waals surface area contributed by atoms with Gasteiger partial charge in [-0.25, -0.2) is 4.89 Å². The van der Waals surface area contributed by atoms with Gasteiger partial charge in [-0.1, -0.05) is 40.7 Å². The molecule has 2 heterocycles. The average molecular weight is 320 g/mol. The topological polar surface area (TPSA) is 65.0 Å². The van der Waals surface area contributed by atoms with Crippen LogP contribution >= 0.6 is 0 Å². The molecule has 0 amide bonds. The van der Waals surface area contributed by atoms with Gasteiger partial charge in [0.1, 0.15) is 5.75 Å². The zero-order chi connectivity index (χ0) is 17.3. The minimum absolute atomic E-state index is 0.0732. The summed E-state index contributed by atoms with van der Waals surface area (Å²) in [4.78, 5) is 22.8. The largest absolute Gasteiger partial charge is 0.507 e. The highest BCUT2D eigenvalue weighted by Gasteiger charge is 2.81. The summed E-state index contributed by atoms with van der Waals surface area (Å²) in [7, 11) is 0. The van der Waals surface area contributed by atoms with Crippen molar-refractivity contribution in [3.63, 3.8) is 0 Å². The van der Waals surface area contributed by atoms with E-state index in [1.807, 2.05) is 0 Å². The molecule has 5 nitrogen and oxygen atoms in total. The third kappa shape index (κ3) is 1.81. The van der Waals surface area contributed by atoms with Crippen molar-refractivity contribution in [1.29, 1.82) is 0 Å². The molecule has 126 valence electrons. The SMILES string of the molecule is CC(=O)c1ccc(C23OCC(C)(C)C2(C(C)(C)C)OO3)cc1O. The molecule has 0 spiro atoms. The van der Waals surface area contributed by atoms with Crippen molar-refractivity contribution >= 4 is 5.78 Å². The number of ether oxygens (including phenoxy) is 1. The fourth-order valence-corrected chi connectivity index (χ4v) is 4.27. The number of rotatable bonds is 2. The first-order chi connectivity index (χ1) is 10.5. The lowest BCUT2D eigenvalue weighted by Crippen LogP contribution is -2.73. The second-order valence-corrected chi connectivity index (χ2v) is 8.18. The summed E-state index contributed by atoms with van der Waals surface area (Å²) >= 11 is 0. The van der Waals surface area contributed by atoms with Gasteiger partial charge < -0.3 is 9.84 Å². The van der Waals surface area contributed by atoms with E-state index >= 15 is 0 Å². The van der Waals surface area contributed by atoms with Gasteiger partial charge in [0.15, 0.2) is 11.4 Å². The highest BCUT2D eigenvalue weighted by Crippen LogP contribution is 2.69. The van der Waals surface area contributed by atoms with Crippen LogP contribution in [0.15, 0.2) is 18.2 Å². The summed E-state index contributed by atoms with van der Waals surface area (Å²) in [6.45, 7) is 12.3. The highest BCUT2D eigenvalue weighted by atomic mass is 17.3. The summed E-state index contributed by atoms with van der Waals surface area (Å²) in [6, 6.07) is 4.91. The minimum atomic E-state index is -1.08. The number of phenolic OH excluding ortho intramolecular Hbond substituents is 1. The van der Waals surface area contributed by atoms with E-state index in [4.69, 9.17) is 14.5 Å². The van der Waals surface area contributed by atoms with Crippen molar-refractivity contribution in [2.24, 2.45) is 10.8 Å². The molecule has 1 aromatic rings. The van der Waals surface area contributed by atoms with E-state index in [-0.39, 0.29) is 27.9 Å². The van der Waals surface area contributed by atoms with Gasteiger partial charge >= 0.3 is 0 Å². The second kappa shape index (κ2) is 4.56. The Morgan fingerprint density at radius 3 is 2.30 bits per heavy atom. The Bertz CT molecular complexity index is 672. The summed E-state index contributed by atoms with van der Waals surface area (Å²) in [5, 5.41) is 10.2. The van der Waals surface area contributed by atoms with E-state index in [0.29, 0.717) is 12.2 Å². The molecular weight excluding hydrogens is 296 g/mol. The Balaban J connectivity index is 2.16. The van der Waals surface area contributed by atoms with Gasteiger partial charge in [0.25, 0.3) is 5.79 Å². The Morgan fingerprint density at radius 1 is 1.22 bits per heavy atom. The maximum absolute atomic E-state index is 11.5. The van der Waals surface area contributed by atoms with Gasteiger partial charge in [0.05, 0.1) is 12.2 Å². The number of hydrogen-bond acceptors (Lipinski definition) is 5. The van der Waals surface area contributed by atoms with Crippen LogP contribution in [0.2, 0.25) is 0 Å². The zero-order valence-corrected chi connectivity index (χ0v) is 14.5. The van der Waals surface area contributed by atoms with Crippen molar-refractivity contribution in [2.75, 3.05) is 6.61 Å². The first kappa shape index (κ1) is 16.4. The van der Waals surface area contributed by atoms with Crippen molar-refractivity contribution in [3.8, 4) is 5.75 Å². The molecule has 2 atom stereocenters. The van der Waals surface area contributed by atoms with E-state index < -0.39 is 11.4 Å². The van der Waals surface area contributed by atoms with E-state index in [2.05, 4.69) is 34.6 Å². The number of carbonyl (C=O) groups is 1. The average Bonchev–Trinajstić information content (AvgIpc) is 2.51. The normalized spacial score (nSPS) is 32.3. The molecule has 5 heteroatoms. The lowest BCUT2D eigenvalue weighted by molar-refractivity contribution is -0.626. The van der Waals surface area contributed by atoms with Gasteiger partial charge in [-0.2, -0.15) is 4.89 Å². The minimum Gasteiger partial charge on any atom is -0.507 e. The van der Waals surface area contributed by atoms with Crippen LogP contribution in [0.1, 0.15) is 57.5 Å². The molecule has 1 N–H and O–H groups in total. The molecule has 0 bridgehead atoms. The molecule has 0 aromatic heterocycles. The third-order valence-corrected chi connectivity index (χ3v) is 5.15. The molecule has 2 fully saturated rings. The predicted octanol–water partition coefficient (Wildman–Crippen LogP) is 3.55. The van der Waals surface area contributed by atoms with Gasteiger partial charge in [-0.05, 0) is 19.1 Å². The Labute approximate surface area is 136 Å². The second-order valence-electron chi connectivity index (χ2n) is 8.18. The third-order valence-electron chi connectivity index (χ3n) is 5.15. The molecule has 0 aliphatic carbocycles. The highest BCUT2D eigenvalue weighted by molar-refractivity contribution is 5.96. The smallest absolute Gasteiger partial charge is 0.261 e. The van der Waals surface area contributed by atoms with Crippen LogP contribution in [0.4, 0.5) is 0 Å². The van der Waals surface area contributed by atoms with Gasteiger partial charge in [0, 0.05) is 16.4 Å². The number of Topliss-reactive ketones (excluding diaryl/α,β-unsaturated/α-hetero) is 1. The van der Waals surface area contributed by atoms with Crippen LogP contribution in [0.3, 0.4) is 0 Å². The molecule has 0 saturated carbocycles. The maximum Gasteiger partial charge on any atom is 0.261 e. The van der Waals surface area contributed by atoms with Gasteiger partial charge in [0.2, 0.25) is 0 Å². The fraction of sp³-hybridized carbons (Fsp3) is 0.611. The van der Waals surface area contributed by atoms with Crippen LogP contribution in [0.25, 0.3) is 0 Å². The number of hydrogen-bond donors (Lipinski definition) is 1. The van der Waals surface area contributed by atoms with Gasteiger partial charge in [-0.3, -0.25) is 4.79 Å².